The van der Waals surface area contributed by atoms with E-state index in [-0.39, 0.29) is 35.7 Å². The van der Waals surface area contributed by atoms with Gasteiger partial charge in [-0.25, -0.2) is 8.42 Å². The molecule has 2 heterocycles. The van der Waals surface area contributed by atoms with Crippen molar-refractivity contribution in [1.82, 2.24) is 4.31 Å². The van der Waals surface area contributed by atoms with E-state index in [1.54, 1.807) is 17.0 Å². The molecule has 2 aromatic carbocycles. The Morgan fingerprint density at radius 3 is 2.59 bits per heavy atom. The lowest BCUT2D eigenvalue weighted by Crippen LogP contribution is -2.41. The van der Waals surface area contributed by atoms with Crippen molar-refractivity contribution in [2.24, 2.45) is 0 Å². The lowest BCUT2D eigenvalue weighted by molar-refractivity contribution is 0.0729. The first-order chi connectivity index (χ1) is 13.9. The first kappa shape index (κ1) is 19.9. The molecule has 2 aromatic rings. The third-order valence-corrected chi connectivity index (χ3v) is 7.34. The predicted octanol–water partition coefficient (Wildman–Crippen LogP) is 2.31. The Labute approximate surface area is 170 Å². The maximum Gasteiger partial charge on any atom is 0.258 e. The summed E-state index contributed by atoms with van der Waals surface area (Å²) in [4.78, 5) is 15.1. The highest BCUT2D eigenvalue weighted by Crippen LogP contribution is 2.34. The van der Waals surface area contributed by atoms with Gasteiger partial charge >= 0.3 is 0 Å². The van der Waals surface area contributed by atoms with Crippen molar-refractivity contribution >= 4 is 21.6 Å². The molecule has 1 amide bonds. The van der Waals surface area contributed by atoms with Crippen LogP contribution in [0.5, 0.6) is 5.75 Å². The molecule has 29 heavy (non-hydrogen) atoms. The Hall–Kier alpha value is -2.42. The maximum absolute atomic E-state index is 13.3. The van der Waals surface area contributed by atoms with Gasteiger partial charge in [-0.1, -0.05) is 18.2 Å². The monoisotopic (exact) mass is 416 g/mol. The molecule has 4 rings (SSSR count). The molecule has 0 unspecified atom stereocenters. The Balaban J connectivity index is 1.73. The van der Waals surface area contributed by atoms with Gasteiger partial charge in [0.1, 0.15) is 10.6 Å². The number of benzene rings is 2. The van der Waals surface area contributed by atoms with E-state index in [2.05, 4.69) is 0 Å². The molecule has 1 saturated heterocycles. The second-order valence-electron chi connectivity index (χ2n) is 7.24. The molecule has 0 aromatic heterocycles. The molecule has 154 valence electrons. The zero-order valence-electron chi connectivity index (χ0n) is 16.5. The molecule has 1 fully saturated rings. The number of methoxy groups -OCH3 is 1. The zero-order chi connectivity index (χ0) is 20.6. The van der Waals surface area contributed by atoms with Crippen molar-refractivity contribution < 1.29 is 22.7 Å². The van der Waals surface area contributed by atoms with E-state index in [9.17, 15) is 13.2 Å². The van der Waals surface area contributed by atoms with Crippen LogP contribution < -0.4 is 9.64 Å². The number of hydrogen-bond acceptors (Lipinski definition) is 5. The minimum atomic E-state index is -3.80. The number of carbonyl (C=O) groups excluding carboxylic acids is 1. The van der Waals surface area contributed by atoms with Crippen molar-refractivity contribution in [3.63, 3.8) is 0 Å². The molecule has 8 heteroatoms. The standard InChI is InChI=1S/C21H24N2O5S/c1-15-13-16-5-3-4-6-18(16)23(15)21(24)17-7-8-19(27-2)20(14-17)29(25,26)22-9-11-28-12-10-22/h3-8,14-15H,9-13H2,1-2H3/t15-/m0/s1. The number of fused-ring (bicyclic) bond motifs is 1. The fourth-order valence-electron chi connectivity index (χ4n) is 3.95. The smallest absolute Gasteiger partial charge is 0.258 e. The van der Waals surface area contributed by atoms with E-state index < -0.39 is 10.0 Å². The number of ether oxygens (including phenoxy) is 2. The number of para-hydroxylation sites is 1. The topological polar surface area (TPSA) is 76.2 Å². The lowest BCUT2D eigenvalue weighted by atomic mass is 10.1. The summed E-state index contributed by atoms with van der Waals surface area (Å²) in [7, 11) is -2.38. The SMILES string of the molecule is COc1ccc(C(=O)N2c3ccccc3C[C@@H]2C)cc1S(=O)(=O)N1CCOCC1. The van der Waals surface area contributed by atoms with Crippen LogP contribution in [0.25, 0.3) is 0 Å². The average molecular weight is 416 g/mol. The van der Waals surface area contributed by atoms with Gasteiger partial charge in [0.05, 0.1) is 20.3 Å². The van der Waals surface area contributed by atoms with Crippen LogP contribution in [0.1, 0.15) is 22.8 Å². The van der Waals surface area contributed by atoms with Crippen LogP contribution in [-0.4, -0.2) is 58.1 Å². The van der Waals surface area contributed by atoms with Crippen molar-refractivity contribution in [2.45, 2.75) is 24.3 Å². The quantitative estimate of drug-likeness (QED) is 0.765. The number of rotatable bonds is 4. The summed E-state index contributed by atoms with van der Waals surface area (Å²) in [5, 5.41) is 0. The van der Waals surface area contributed by atoms with Crippen LogP contribution in [-0.2, 0) is 21.2 Å². The highest BCUT2D eigenvalue weighted by molar-refractivity contribution is 7.89. The Morgan fingerprint density at radius 2 is 1.86 bits per heavy atom. The second kappa shape index (κ2) is 7.78. The lowest BCUT2D eigenvalue weighted by Gasteiger charge is -2.27. The Kier molecular flexibility index (Phi) is 5.33. The number of hydrogen-bond donors (Lipinski definition) is 0. The highest BCUT2D eigenvalue weighted by Gasteiger charge is 2.34. The largest absolute Gasteiger partial charge is 0.495 e. The normalized spacial score (nSPS) is 19.8. The van der Waals surface area contributed by atoms with Crippen LogP contribution >= 0.6 is 0 Å². The number of amides is 1. The number of sulfonamides is 1. The molecule has 2 aliphatic heterocycles. The van der Waals surface area contributed by atoms with Gasteiger partial charge in [0, 0.05) is 30.4 Å². The molecule has 2 aliphatic rings. The molecule has 0 spiro atoms. The van der Waals surface area contributed by atoms with Gasteiger partial charge in [0.25, 0.3) is 5.91 Å². The minimum Gasteiger partial charge on any atom is -0.495 e. The molecule has 0 saturated carbocycles. The predicted molar refractivity (Wildman–Crippen MR) is 109 cm³/mol. The first-order valence-corrected chi connectivity index (χ1v) is 11.0. The van der Waals surface area contributed by atoms with Gasteiger partial charge in [0.15, 0.2) is 0 Å². The van der Waals surface area contributed by atoms with E-state index in [1.807, 2.05) is 31.2 Å². The fourth-order valence-corrected chi connectivity index (χ4v) is 5.54. The van der Waals surface area contributed by atoms with E-state index >= 15 is 0 Å². The van der Waals surface area contributed by atoms with Crippen LogP contribution in [0, 0.1) is 0 Å². The number of nitrogens with zero attached hydrogens (tertiary/aromatic N) is 2. The van der Waals surface area contributed by atoms with Crippen molar-refractivity contribution in [1.29, 1.82) is 0 Å². The van der Waals surface area contributed by atoms with Crippen LogP contribution in [0.4, 0.5) is 5.69 Å². The molecule has 0 bridgehead atoms. The van der Waals surface area contributed by atoms with Crippen LogP contribution in [0.15, 0.2) is 47.4 Å². The third kappa shape index (κ3) is 3.52. The second-order valence-corrected chi connectivity index (χ2v) is 9.15. The van der Waals surface area contributed by atoms with Gasteiger partial charge < -0.3 is 14.4 Å². The van der Waals surface area contributed by atoms with Crippen molar-refractivity contribution in [3.8, 4) is 5.75 Å². The molecular formula is C21H24N2O5S. The van der Waals surface area contributed by atoms with Gasteiger partial charge in [-0.15, -0.1) is 0 Å². The van der Waals surface area contributed by atoms with E-state index in [1.165, 1.54) is 17.5 Å². The summed E-state index contributed by atoms with van der Waals surface area (Å²) in [5.41, 5.74) is 2.31. The maximum atomic E-state index is 13.3. The molecular weight excluding hydrogens is 392 g/mol. The minimum absolute atomic E-state index is 0.00121. The van der Waals surface area contributed by atoms with Gasteiger partial charge in [-0.3, -0.25) is 4.79 Å². The average Bonchev–Trinajstić information content (AvgIpc) is 3.09. The van der Waals surface area contributed by atoms with Gasteiger partial charge in [-0.05, 0) is 43.2 Å². The number of carbonyl (C=O) groups is 1. The molecule has 7 nitrogen and oxygen atoms in total. The summed E-state index contributed by atoms with van der Waals surface area (Å²) in [6.07, 6.45) is 0.775. The summed E-state index contributed by atoms with van der Waals surface area (Å²) >= 11 is 0. The molecule has 1 atom stereocenters. The summed E-state index contributed by atoms with van der Waals surface area (Å²) in [6.45, 7) is 3.25. The van der Waals surface area contributed by atoms with E-state index in [4.69, 9.17) is 9.47 Å². The molecule has 0 aliphatic carbocycles. The van der Waals surface area contributed by atoms with E-state index in [0.29, 0.717) is 18.8 Å². The van der Waals surface area contributed by atoms with E-state index in [0.717, 1.165) is 17.7 Å². The van der Waals surface area contributed by atoms with Gasteiger partial charge in [-0.2, -0.15) is 4.31 Å². The summed E-state index contributed by atoms with van der Waals surface area (Å²) in [5.74, 6) is 0.00597. The summed E-state index contributed by atoms with van der Waals surface area (Å²) < 4.78 is 38.3. The van der Waals surface area contributed by atoms with Crippen LogP contribution in [0.3, 0.4) is 0 Å². The number of anilines is 1. The van der Waals surface area contributed by atoms with Crippen LogP contribution in [0.2, 0.25) is 0 Å². The van der Waals surface area contributed by atoms with Gasteiger partial charge in [0.2, 0.25) is 10.0 Å². The zero-order valence-corrected chi connectivity index (χ0v) is 17.3. The highest BCUT2D eigenvalue weighted by atomic mass is 32.2. The number of morpholine rings is 1. The van der Waals surface area contributed by atoms with Crippen molar-refractivity contribution in [2.75, 3.05) is 38.3 Å². The molecule has 0 N–H and O–H groups in total. The molecule has 0 radical (unpaired) electrons. The third-order valence-electron chi connectivity index (χ3n) is 5.42. The fraction of sp³-hybridized carbons (Fsp3) is 0.381. The first-order valence-electron chi connectivity index (χ1n) is 9.61. The Bertz CT molecular complexity index is 1030. The summed E-state index contributed by atoms with van der Waals surface area (Å²) in [6, 6.07) is 12.4. The van der Waals surface area contributed by atoms with Crippen molar-refractivity contribution in [3.05, 3.63) is 53.6 Å². The Morgan fingerprint density at radius 1 is 1.14 bits per heavy atom.